The lowest BCUT2D eigenvalue weighted by Crippen LogP contribution is -1.88. The average Bonchev–Trinajstić information content (AvgIpc) is 2.93. The van der Waals surface area contributed by atoms with Gasteiger partial charge >= 0.3 is 0 Å². The quantitative estimate of drug-likeness (QED) is 0.446. The smallest absolute Gasteiger partial charge is 0.000729 e. The first-order chi connectivity index (χ1) is 10.4. The topological polar surface area (TPSA) is 0 Å². The predicted molar refractivity (Wildman–Crippen MR) is 90.2 cm³/mol. The fourth-order valence-corrected chi connectivity index (χ4v) is 3.26. The van der Waals surface area contributed by atoms with Crippen LogP contribution >= 0.6 is 0 Å². The largest absolute Gasteiger partial charge is 0.0985 e. The van der Waals surface area contributed by atoms with E-state index in [0.717, 1.165) is 6.42 Å². The van der Waals surface area contributed by atoms with Crippen molar-refractivity contribution >= 4 is 6.08 Å². The van der Waals surface area contributed by atoms with Gasteiger partial charge in [0.05, 0.1) is 0 Å². The molecule has 4 rings (SSSR count). The van der Waals surface area contributed by atoms with Gasteiger partial charge in [-0.05, 0) is 51.4 Å². The van der Waals surface area contributed by atoms with E-state index in [1.807, 2.05) is 6.08 Å². The Morgan fingerprint density at radius 2 is 1.52 bits per heavy atom. The van der Waals surface area contributed by atoms with Crippen molar-refractivity contribution < 1.29 is 0 Å². The number of hydrogen-bond donors (Lipinski definition) is 0. The van der Waals surface area contributed by atoms with Crippen LogP contribution in [0.4, 0.5) is 0 Å². The highest BCUT2D eigenvalue weighted by Crippen LogP contribution is 2.41. The molecule has 100 valence electrons. The van der Waals surface area contributed by atoms with Crippen molar-refractivity contribution in [1.82, 2.24) is 0 Å². The lowest BCUT2D eigenvalue weighted by atomic mass is 9.95. The molecule has 0 heterocycles. The monoisotopic (exact) mass is 268 g/mol. The maximum atomic E-state index is 3.87. The second-order valence-electron chi connectivity index (χ2n) is 5.50. The second kappa shape index (κ2) is 4.75. The van der Waals surface area contributed by atoms with Crippen LogP contribution in [-0.4, -0.2) is 0 Å². The maximum absolute atomic E-state index is 3.87. The second-order valence-corrected chi connectivity index (χ2v) is 5.50. The van der Waals surface area contributed by atoms with E-state index < -0.39 is 0 Å². The Hall–Kier alpha value is -2.60. The van der Waals surface area contributed by atoms with Crippen molar-refractivity contribution in [2.45, 2.75) is 6.42 Å². The van der Waals surface area contributed by atoms with Crippen molar-refractivity contribution in [3.8, 4) is 22.3 Å². The summed E-state index contributed by atoms with van der Waals surface area (Å²) in [6.45, 7) is 3.87. The molecule has 0 fully saturated rings. The van der Waals surface area contributed by atoms with Crippen LogP contribution in [0.1, 0.15) is 16.7 Å². The first-order valence-electron chi connectivity index (χ1n) is 7.30. The molecule has 0 aliphatic heterocycles. The van der Waals surface area contributed by atoms with Gasteiger partial charge in [-0.3, -0.25) is 0 Å². The molecule has 0 unspecified atom stereocenters. The summed E-state index contributed by atoms with van der Waals surface area (Å²) in [4.78, 5) is 0. The third-order valence-electron chi connectivity index (χ3n) is 4.28. The molecule has 0 saturated heterocycles. The molecule has 0 bridgehead atoms. The molecule has 0 radical (unpaired) electrons. The molecule has 0 atom stereocenters. The van der Waals surface area contributed by atoms with Gasteiger partial charge in [-0.25, -0.2) is 0 Å². The third-order valence-corrected chi connectivity index (χ3v) is 4.28. The van der Waals surface area contributed by atoms with Crippen molar-refractivity contribution in [2.75, 3.05) is 0 Å². The summed E-state index contributed by atoms with van der Waals surface area (Å²) < 4.78 is 0. The van der Waals surface area contributed by atoms with Gasteiger partial charge in [0.2, 0.25) is 0 Å². The summed E-state index contributed by atoms with van der Waals surface area (Å²) >= 11 is 0. The normalized spacial score (nSPS) is 11.8. The number of fused-ring (bicyclic) bond motifs is 3. The van der Waals surface area contributed by atoms with E-state index in [2.05, 4.69) is 73.3 Å². The van der Waals surface area contributed by atoms with Crippen LogP contribution < -0.4 is 0 Å². The lowest BCUT2D eigenvalue weighted by Gasteiger charge is -2.09. The van der Waals surface area contributed by atoms with Crippen LogP contribution in [0, 0.1) is 0 Å². The van der Waals surface area contributed by atoms with E-state index in [-0.39, 0.29) is 0 Å². The zero-order chi connectivity index (χ0) is 14.2. The standard InChI is InChI=1S/C21H16/c1-2-15-7-5-9-16(13-15)19-11-6-12-20-18-10-4-3-8-17(18)14-21(19)20/h2-13H,1,14H2. The predicted octanol–water partition coefficient (Wildman–Crippen LogP) is 5.57. The van der Waals surface area contributed by atoms with E-state index in [4.69, 9.17) is 0 Å². The number of hydrogen-bond acceptors (Lipinski definition) is 0. The van der Waals surface area contributed by atoms with Crippen LogP contribution in [0.3, 0.4) is 0 Å². The molecule has 0 spiro atoms. The van der Waals surface area contributed by atoms with Gasteiger partial charge in [0.25, 0.3) is 0 Å². The van der Waals surface area contributed by atoms with Crippen molar-refractivity contribution in [3.63, 3.8) is 0 Å². The molecule has 0 saturated carbocycles. The van der Waals surface area contributed by atoms with E-state index >= 15 is 0 Å². The molecular formula is C21H16. The van der Waals surface area contributed by atoms with Crippen molar-refractivity contribution in [1.29, 1.82) is 0 Å². The molecule has 0 nitrogen and oxygen atoms in total. The fourth-order valence-electron chi connectivity index (χ4n) is 3.26. The van der Waals surface area contributed by atoms with Crippen LogP contribution in [0.5, 0.6) is 0 Å². The van der Waals surface area contributed by atoms with Crippen LogP contribution in [0.15, 0.2) is 73.3 Å². The Labute approximate surface area is 125 Å². The Bertz CT molecular complexity index is 840. The first kappa shape index (κ1) is 12.2. The van der Waals surface area contributed by atoms with E-state index in [0.29, 0.717) is 0 Å². The molecule has 3 aromatic carbocycles. The first-order valence-corrected chi connectivity index (χ1v) is 7.30. The SMILES string of the molecule is C=Cc1cccc(-c2cccc3c2Cc2ccccc2-3)c1. The van der Waals surface area contributed by atoms with E-state index in [1.165, 1.54) is 38.9 Å². The number of rotatable bonds is 2. The van der Waals surface area contributed by atoms with E-state index in [1.54, 1.807) is 0 Å². The molecular weight excluding hydrogens is 252 g/mol. The van der Waals surface area contributed by atoms with Gasteiger partial charge in [0.1, 0.15) is 0 Å². The Morgan fingerprint density at radius 1 is 0.762 bits per heavy atom. The van der Waals surface area contributed by atoms with Crippen LogP contribution in [0.2, 0.25) is 0 Å². The molecule has 0 N–H and O–H groups in total. The molecule has 0 amide bonds. The Balaban J connectivity index is 1.92. The summed E-state index contributed by atoms with van der Waals surface area (Å²) in [5.41, 5.74) is 9.42. The van der Waals surface area contributed by atoms with Gasteiger partial charge in [0, 0.05) is 0 Å². The zero-order valence-electron chi connectivity index (χ0n) is 11.8. The van der Waals surface area contributed by atoms with Gasteiger partial charge < -0.3 is 0 Å². The van der Waals surface area contributed by atoms with Crippen LogP contribution in [-0.2, 0) is 6.42 Å². The summed E-state index contributed by atoms with van der Waals surface area (Å²) in [6.07, 6.45) is 2.93. The summed E-state index contributed by atoms with van der Waals surface area (Å²) in [7, 11) is 0. The Morgan fingerprint density at radius 3 is 2.43 bits per heavy atom. The van der Waals surface area contributed by atoms with Gasteiger partial charge in [-0.1, -0.05) is 73.3 Å². The molecule has 1 aliphatic rings. The summed E-state index contributed by atoms with van der Waals surface area (Å²) in [6, 6.07) is 23.9. The highest BCUT2D eigenvalue weighted by Gasteiger charge is 2.20. The van der Waals surface area contributed by atoms with Gasteiger partial charge in [-0.2, -0.15) is 0 Å². The van der Waals surface area contributed by atoms with E-state index in [9.17, 15) is 0 Å². The highest BCUT2D eigenvalue weighted by molar-refractivity contribution is 5.85. The highest BCUT2D eigenvalue weighted by atomic mass is 14.2. The lowest BCUT2D eigenvalue weighted by molar-refractivity contribution is 1.26. The molecule has 21 heavy (non-hydrogen) atoms. The van der Waals surface area contributed by atoms with Crippen molar-refractivity contribution in [2.24, 2.45) is 0 Å². The van der Waals surface area contributed by atoms with Gasteiger partial charge in [-0.15, -0.1) is 0 Å². The summed E-state index contributed by atoms with van der Waals surface area (Å²) in [5.74, 6) is 0. The van der Waals surface area contributed by atoms with Crippen LogP contribution in [0.25, 0.3) is 28.3 Å². The fraction of sp³-hybridized carbons (Fsp3) is 0.0476. The molecule has 0 aromatic heterocycles. The maximum Gasteiger partial charge on any atom is -0.000729 e. The average molecular weight is 268 g/mol. The summed E-state index contributed by atoms with van der Waals surface area (Å²) in [5, 5.41) is 0. The molecule has 1 aliphatic carbocycles. The minimum Gasteiger partial charge on any atom is -0.0985 e. The zero-order valence-corrected chi connectivity index (χ0v) is 11.8. The minimum atomic E-state index is 1.03. The van der Waals surface area contributed by atoms with Crippen molar-refractivity contribution in [3.05, 3.63) is 90.0 Å². The Kier molecular flexibility index (Phi) is 2.75. The minimum absolute atomic E-state index is 1.03. The number of benzene rings is 3. The third kappa shape index (κ3) is 1.92. The van der Waals surface area contributed by atoms with Gasteiger partial charge in [0.15, 0.2) is 0 Å². The molecule has 0 heteroatoms. The molecule has 3 aromatic rings.